The zero-order chi connectivity index (χ0) is 14.2. The number of nitrogens with zero attached hydrogens (tertiary/aromatic N) is 2. The summed E-state index contributed by atoms with van der Waals surface area (Å²) in [7, 11) is 0. The number of ketones is 1. The lowest BCUT2D eigenvalue weighted by molar-refractivity contribution is 0.103. The van der Waals surface area contributed by atoms with Crippen LogP contribution in [0.25, 0.3) is 21.9 Å². The van der Waals surface area contributed by atoms with Gasteiger partial charge in [-0.2, -0.15) is 0 Å². The van der Waals surface area contributed by atoms with Crippen LogP contribution in [-0.2, 0) is 0 Å². The number of aromatic nitrogens is 3. The molecule has 0 spiro atoms. The molecule has 0 atom stereocenters. The molecule has 3 heterocycles. The first-order valence-corrected chi connectivity index (χ1v) is 6.65. The Labute approximate surface area is 120 Å². The maximum absolute atomic E-state index is 12.7. The molecule has 0 radical (unpaired) electrons. The summed E-state index contributed by atoms with van der Waals surface area (Å²) in [5.74, 6) is -0.0972. The van der Waals surface area contributed by atoms with E-state index >= 15 is 0 Å². The van der Waals surface area contributed by atoms with Gasteiger partial charge in [0.1, 0.15) is 11.3 Å². The van der Waals surface area contributed by atoms with E-state index in [9.17, 15) is 4.79 Å². The van der Waals surface area contributed by atoms with Crippen LogP contribution in [-0.4, -0.2) is 20.7 Å². The van der Waals surface area contributed by atoms with Crippen LogP contribution in [0.15, 0.2) is 60.9 Å². The van der Waals surface area contributed by atoms with Crippen molar-refractivity contribution in [2.24, 2.45) is 0 Å². The van der Waals surface area contributed by atoms with Crippen LogP contribution in [0.4, 0.5) is 0 Å². The van der Waals surface area contributed by atoms with Crippen LogP contribution in [0.5, 0.6) is 0 Å². The van der Waals surface area contributed by atoms with Crippen molar-refractivity contribution >= 4 is 27.7 Å². The van der Waals surface area contributed by atoms with Crippen LogP contribution >= 0.6 is 0 Å². The zero-order valence-electron chi connectivity index (χ0n) is 11.1. The molecule has 0 bridgehead atoms. The number of fused-ring (bicyclic) bond motifs is 2. The Morgan fingerprint density at radius 2 is 1.90 bits per heavy atom. The number of nitrogens with one attached hydrogen (secondary N) is 1. The summed E-state index contributed by atoms with van der Waals surface area (Å²) in [5.41, 5.74) is 2.57. The summed E-state index contributed by atoms with van der Waals surface area (Å²) in [6.45, 7) is 0. The number of hydrogen-bond acceptors (Lipinski definition) is 3. The molecule has 0 aliphatic heterocycles. The van der Waals surface area contributed by atoms with Crippen molar-refractivity contribution in [2.45, 2.75) is 0 Å². The van der Waals surface area contributed by atoms with Crippen LogP contribution in [0.3, 0.4) is 0 Å². The standard InChI is InChI=1S/C17H11N3O/c21-16(13-10-19-17-12(13)5-3-9-18-17)15-8-7-11-4-1-2-6-14(11)20-15/h1-10H,(H,18,19). The summed E-state index contributed by atoms with van der Waals surface area (Å²) in [4.78, 5) is 24.3. The number of rotatable bonds is 2. The SMILES string of the molecule is O=C(c1ccc2ccccc2n1)c1c[nH]c2ncccc12. The van der Waals surface area contributed by atoms with Crippen LogP contribution in [0.2, 0.25) is 0 Å². The fraction of sp³-hybridized carbons (Fsp3) is 0. The summed E-state index contributed by atoms with van der Waals surface area (Å²) in [6, 6.07) is 15.1. The molecule has 1 aromatic carbocycles. The van der Waals surface area contributed by atoms with Crippen molar-refractivity contribution in [2.75, 3.05) is 0 Å². The predicted octanol–water partition coefficient (Wildman–Crippen LogP) is 3.34. The molecule has 0 saturated carbocycles. The first-order chi connectivity index (χ1) is 10.3. The Morgan fingerprint density at radius 3 is 2.86 bits per heavy atom. The van der Waals surface area contributed by atoms with Gasteiger partial charge in [0.2, 0.25) is 5.78 Å². The Morgan fingerprint density at radius 1 is 1.00 bits per heavy atom. The van der Waals surface area contributed by atoms with Crippen LogP contribution in [0.1, 0.15) is 16.1 Å². The second kappa shape index (κ2) is 4.52. The van der Waals surface area contributed by atoms with Crippen molar-refractivity contribution in [3.05, 3.63) is 72.2 Å². The van der Waals surface area contributed by atoms with E-state index in [2.05, 4.69) is 15.0 Å². The van der Waals surface area contributed by atoms with Gasteiger partial charge in [0, 0.05) is 23.2 Å². The molecule has 0 amide bonds. The number of para-hydroxylation sites is 1. The van der Waals surface area contributed by atoms with E-state index in [0.29, 0.717) is 16.9 Å². The minimum atomic E-state index is -0.0972. The molecule has 21 heavy (non-hydrogen) atoms. The average Bonchev–Trinajstić information content (AvgIpc) is 2.98. The van der Waals surface area contributed by atoms with Gasteiger partial charge in [-0.25, -0.2) is 9.97 Å². The van der Waals surface area contributed by atoms with E-state index in [0.717, 1.165) is 16.3 Å². The smallest absolute Gasteiger partial charge is 0.213 e. The maximum atomic E-state index is 12.7. The number of carbonyl (C=O) groups is 1. The number of pyridine rings is 2. The highest BCUT2D eigenvalue weighted by Gasteiger charge is 2.15. The highest BCUT2D eigenvalue weighted by molar-refractivity contribution is 6.15. The van der Waals surface area contributed by atoms with Gasteiger partial charge in [0.15, 0.2) is 0 Å². The Hall–Kier alpha value is -3.01. The van der Waals surface area contributed by atoms with Gasteiger partial charge >= 0.3 is 0 Å². The molecule has 0 aliphatic rings. The molecule has 4 nitrogen and oxygen atoms in total. The predicted molar refractivity (Wildman–Crippen MR) is 81.3 cm³/mol. The van der Waals surface area contributed by atoms with Crippen molar-refractivity contribution in [3.8, 4) is 0 Å². The summed E-state index contributed by atoms with van der Waals surface area (Å²) in [5, 5.41) is 1.84. The second-order valence-electron chi connectivity index (χ2n) is 4.82. The van der Waals surface area contributed by atoms with Crippen molar-refractivity contribution < 1.29 is 4.79 Å². The molecule has 4 rings (SSSR count). The first kappa shape index (κ1) is 11.8. The zero-order valence-corrected chi connectivity index (χ0v) is 11.1. The lowest BCUT2D eigenvalue weighted by Crippen LogP contribution is -2.03. The van der Waals surface area contributed by atoms with Crippen LogP contribution in [0, 0.1) is 0 Å². The fourth-order valence-corrected chi connectivity index (χ4v) is 2.47. The molecule has 3 aromatic heterocycles. The van der Waals surface area contributed by atoms with Crippen LogP contribution < -0.4 is 0 Å². The normalized spacial score (nSPS) is 11.0. The number of hydrogen-bond donors (Lipinski definition) is 1. The number of H-pyrrole nitrogens is 1. The lowest BCUT2D eigenvalue weighted by Gasteiger charge is -2.01. The van der Waals surface area contributed by atoms with Gasteiger partial charge in [-0.1, -0.05) is 24.3 Å². The molecule has 0 aliphatic carbocycles. The van der Waals surface area contributed by atoms with E-state index in [4.69, 9.17) is 0 Å². The lowest BCUT2D eigenvalue weighted by atomic mass is 10.1. The molecule has 100 valence electrons. The van der Waals surface area contributed by atoms with E-state index in [1.807, 2.05) is 42.5 Å². The third-order valence-corrected chi connectivity index (χ3v) is 3.53. The quantitative estimate of drug-likeness (QED) is 0.570. The van der Waals surface area contributed by atoms with E-state index in [1.165, 1.54) is 0 Å². The highest BCUT2D eigenvalue weighted by Crippen LogP contribution is 2.20. The molecule has 0 saturated heterocycles. The number of carbonyl (C=O) groups excluding carboxylic acids is 1. The maximum Gasteiger partial charge on any atom is 0.213 e. The van der Waals surface area contributed by atoms with Gasteiger partial charge in [-0.3, -0.25) is 4.79 Å². The third-order valence-electron chi connectivity index (χ3n) is 3.53. The number of benzene rings is 1. The second-order valence-corrected chi connectivity index (χ2v) is 4.82. The number of aromatic amines is 1. The topological polar surface area (TPSA) is 58.6 Å². The summed E-state index contributed by atoms with van der Waals surface area (Å²) in [6.07, 6.45) is 3.39. The molecule has 4 aromatic rings. The molecular weight excluding hydrogens is 262 g/mol. The minimum Gasteiger partial charge on any atom is -0.345 e. The van der Waals surface area contributed by atoms with Crippen molar-refractivity contribution in [1.29, 1.82) is 0 Å². The van der Waals surface area contributed by atoms with Crippen molar-refractivity contribution in [1.82, 2.24) is 15.0 Å². The minimum absolute atomic E-state index is 0.0972. The molecule has 0 fully saturated rings. The third kappa shape index (κ3) is 1.89. The monoisotopic (exact) mass is 273 g/mol. The van der Waals surface area contributed by atoms with E-state index in [-0.39, 0.29) is 5.78 Å². The Kier molecular flexibility index (Phi) is 2.54. The van der Waals surface area contributed by atoms with Crippen molar-refractivity contribution in [3.63, 3.8) is 0 Å². The largest absolute Gasteiger partial charge is 0.345 e. The van der Waals surface area contributed by atoms with Gasteiger partial charge in [-0.05, 0) is 24.3 Å². The molecular formula is C17H11N3O. The van der Waals surface area contributed by atoms with Gasteiger partial charge in [0.25, 0.3) is 0 Å². The Balaban J connectivity index is 1.86. The average molecular weight is 273 g/mol. The van der Waals surface area contributed by atoms with Gasteiger partial charge < -0.3 is 4.98 Å². The summed E-state index contributed by atoms with van der Waals surface area (Å²) < 4.78 is 0. The van der Waals surface area contributed by atoms with Gasteiger partial charge in [0.05, 0.1) is 11.1 Å². The van der Waals surface area contributed by atoms with E-state index < -0.39 is 0 Å². The summed E-state index contributed by atoms with van der Waals surface area (Å²) >= 11 is 0. The Bertz CT molecular complexity index is 972. The van der Waals surface area contributed by atoms with Gasteiger partial charge in [-0.15, -0.1) is 0 Å². The van der Waals surface area contributed by atoms with E-state index in [1.54, 1.807) is 18.5 Å². The molecule has 0 unspecified atom stereocenters. The molecule has 4 heteroatoms. The highest BCUT2D eigenvalue weighted by atomic mass is 16.1. The molecule has 1 N–H and O–H groups in total. The fourth-order valence-electron chi connectivity index (χ4n) is 2.47. The first-order valence-electron chi connectivity index (χ1n) is 6.65.